The van der Waals surface area contributed by atoms with Gasteiger partial charge in [-0.15, -0.1) is 0 Å². The monoisotopic (exact) mass is 363 g/mol. The maximum atomic E-state index is 12.1. The average Bonchev–Trinajstić information content (AvgIpc) is 2.62. The minimum Gasteiger partial charge on any atom is -0.456 e. The van der Waals surface area contributed by atoms with Crippen molar-refractivity contribution in [1.29, 1.82) is 0 Å². The Morgan fingerprint density at radius 3 is 2.31 bits per heavy atom. The van der Waals surface area contributed by atoms with E-state index in [1.54, 1.807) is 0 Å². The van der Waals surface area contributed by atoms with E-state index in [0.717, 1.165) is 5.56 Å². The summed E-state index contributed by atoms with van der Waals surface area (Å²) in [5.74, 6) is -1.03. The molecule has 0 spiro atoms. The second-order valence-corrected chi connectivity index (χ2v) is 5.63. The third kappa shape index (κ3) is 6.51. The van der Waals surface area contributed by atoms with E-state index in [1.165, 1.54) is 24.3 Å². The van der Waals surface area contributed by atoms with Crippen LogP contribution in [0.25, 0.3) is 0 Å². The molecule has 2 aromatic carbocycles. The lowest BCUT2D eigenvalue weighted by Gasteiger charge is -2.11. The van der Waals surface area contributed by atoms with Crippen molar-refractivity contribution >= 4 is 17.6 Å². The predicted octanol–water partition coefficient (Wildman–Crippen LogP) is 3.96. The third-order valence-electron chi connectivity index (χ3n) is 3.57. The zero-order chi connectivity index (χ0) is 18.9. The second kappa shape index (κ2) is 9.50. The van der Waals surface area contributed by atoms with Crippen LogP contribution in [0.2, 0.25) is 0 Å². The summed E-state index contributed by atoms with van der Waals surface area (Å²) in [5.41, 5.74) is 1.39. The van der Waals surface area contributed by atoms with E-state index in [1.807, 2.05) is 37.3 Å². The molecule has 0 saturated carbocycles. The van der Waals surface area contributed by atoms with Crippen LogP contribution in [0.4, 0.5) is 14.5 Å². The minimum absolute atomic E-state index is 0.0145. The highest BCUT2D eigenvalue weighted by Gasteiger charge is 2.14. The van der Waals surface area contributed by atoms with E-state index in [2.05, 4.69) is 10.1 Å². The lowest BCUT2D eigenvalue weighted by Crippen LogP contribution is -2.21. The number of carbonyl (C=O) groups is 2. The Bertz CT molecular complexity index is 720. The van der Waals surface area contributed by atoms with Gasteiger partial charge in [0.1, 0.15) is 5.75 Å². The van der Waals surface area contributed by atoms with Gasteiger partial charge in [-0.3, -0.25) is 9.59 Å². The first-order valence-electron chi connectivity index (χ1n) is 7.99. The molecule has 1 N–H and O–H groups in total. The van der Waals surface area contributed by atoms with Crippen molar-refractivity contribution in [3.8, 4) is 5.75 Å². The lowest BCUT2D eigenvalue weighted by atomic mass is 9.98. The largest absolute Gasteiger partial charge is 0.456 e. The van der Waals surface area contributed by atoms with Crippen LogP contribution >= 0.6 is 0 Å². The number of benzene rings is 2. The molecule has 0 unspecified atom stereocenters. The van der Waals surface area contributed by atoms with E-state index in [4.69, 9.17) is 4.74 Å². The number of halogens is 2. The van der Waals surface area contributed by atoms with Gasteiger partial charge in [-0.1, -0.05) is 37.3 Å². The maximum absolute atomic E-state index is 12.1. The fraction of sp³-hybridized carbons (Fsp3) is 0.263. The molecule has 0 bridgehead atoms. The number of hydrogen-bond donors (Lipinski definition) is 1. The van der Waals surface area contributed by atoms with Crippen LogP contribution in [0.15, 0.2) is 54.6 Å². The van der Waals surface area contributed by atoms with Crippen molar-refractivity contribution in [2.75, 3.05) is 11.9 Å². The van der Waals surface area contributed by atoms with Crippen molar-refractivity contribution in [2.24, 2.45) is 0 Å². The van der Waals surface area contributed by atoms with Gasteiger partial charge in [0, 0.05) is 5.69 Å². The molecular formula is C19H19F2NO4. The van der Waals surface area contributed by atoms with Gasteiger partial charge in [0.2, 0.25) is 0 Å². The van der Waals surface area contributed by atoms with E-state index in [9.17, 15) is 18.4 Å². The van der Waals surface area contributed by atoms with Crippen LogP contribution in [-0.4, -0.2) is 25.1 Å². The Balaban J connectivity index is 1.75. The topological polar surface area (TPSA) is 64.6 Å². The molecule has 0 aliphatic rings. The molecule has 0 aliphatic heterocycles. The highest BCUT2D eigenvalue weighted by molar-refractivity contribution is 5.92. The summed E-state index contributed by atoms with van der Waals surface area (Å²) in [4.78, 5) is 23.6. The standard InChI is InChI=1S/C19H19F2NO4/c1-13(14-5-3-2-4-6-14)11-18(24)25-12-17(23)22-15-7-9-16(10-8-15)26-19(20)21/h2-10,13,19H,11-12H2,1H3,(H,22,23)/t13-/m0/s1. The van der Waals surface area contributed by atoms with Gasteiger partial charge < -0.3 is 14.8 Å². The Morgan fingerprint density at radius 1 is 1.04 bits per heavy atom. The summed E-state index contributed by atoms with van der Waals surface area (Å²) in [7, 11) is 0. The molecule has 0 aromatic heterocycles. The molecule has 1 amide bonds. The van der Waals surface area contributed by atoms with E-state index < -0.39 is 25.1 Å². The number of carbonyl (C=O) groups excluding carboxylic acids is 2. The summed E-state index contributed by atoms with van der Waals surface area (Å²) >= 11 is 0. The molecule has 0 heterocycles. The molecule has 7 heteroatoms. The molecular weight excluding hydrogens is 344 g/mol. The second-order valence-electron chi connectivity index (χ2n) is 5.63. The van der Waals surface area contributed by atoms with Crippen molar-refractivity contribution in [3.63, 3.8) is 0 Å². The molecule has 0 aliphatic carbocycles. The molecule has 0 radical (unpaired) electrons. The molecule has 1 atom stereocenters. The molecule has 5 nitrogen and oxygen atoms in total. The van der Waals surface area contributed by atoms with Gasteiger partial charge in [-0.2, -0.15) is 8.78 Å². The maximum Gasteiger partial charge on any atom is 0.387 e. The summed E-state index contributed by atoms with van der Waals surface area (Å²) in [6.45, 7) is -1.43. The van der Waals surface area contributed by atoms with Gasteiger partial charge in [0.05, 0.1) is 6.42 Å². The van der Waals surface area contributed by atoms with Crippen LogP contribution in [-0.2, 0) is 14.3 Å². The van der Waals surface area contributed by atoms with E-state index in [0.29, 0.717) is 5.69 Å². The molecule has 2 aromatic rings. The number of ether oxygens (including phenoxy) is 2. The smallest absolute Gasteiger partial charge is 0.387 e. The number of hydrogen-bond acceptors (Lipinski definition) is 4. The van der Waals surface area contributed by atoms with Gasteiger partial charge in [0.25, 0.3) is 5.91 Å². The van der Waals surface area contributed by atoms with Crippen LogP contribution in [0.1, 0.15) is 24.8 Å². The van der Waals surface area contributed by atoms with Crippen LogP contribution in [0, 0.1) is 0 Å². The Labute approximate surface area is 149 Å². The summed E-state index contributed by atoms with van der Waals surface area (Å²) < 4.78 is 33.3. The number of anilines is 1. The minimum atomic E-state index is -2.91. The Morgan fingerprint density at radius 2 is 1.69 bits per heavy atom. The van der Waals surface area contributed by atoms with Crippen molar-refractivity contribution < 1.29 is 27.8 Å². The van der Waals surface area contributed by atoms with Gasteiger partial charge in [-0.25, -0.2) is 0 Å². The Kier molecular flexibility index (Phi) is 7.08. The first kappa shape index (κ1) is 19.4. The summed E-state index contributed by atoms with van der Waals surface area (Å²) in [5, 5.41) is 2.50. The van der Waals surface area contributed by atoms with Crippen molar-refractivity contribution in [1.82, 2.24) is 0 Å². The van der Waals surface area contributed by atoms with Crippen LogP contribution in [0.5, 0.6) is 5.75 Å². The fourth-order valence-corrected chi connectivity index (χ4v) is 2.27. The third-order valence-corrected chi connectivity index (χ3v) is 3.57. The van der Waals surface area contributed by atoms with Crippen molar-refractivity contribution in [2.45, 2.75) is 25.9 Å². The van der Waals surface area contributed by atoms with Gasteiger partial charge in [0.15, 0.2) is 6.61 Å². The van der Waals surface area contributed by atoms with E-state index in [-0.39, 0.29) is 18.1 Å². The fourth-order valence-electron chi connectivity index (χ4n) is 2.27. The number of alkyl halides is 2. The normalized spacial score (nSPS) is 11.7. The number of esters is 1. The van der Waals surface area contributed by atoms with Crippen LogP contribution < -0.4 is 10.1 Å². The van der Waals surface area contributed by atoms with E-state index >= 15 is 0 Å². The predicted molar refractivity (Wildman–Crippen MR) is 92.1 cm³/mol. The van der Waals surface area contributed by atoms with Gasteiger partial charge >= 0.3 is 12.6 Å². The zero-order valence-electron chi connectivity index (χ0n) is 14.2. The number of amides is 1. The Hall–Kier alpha value is -2.96. The summed E-state index contributed by atoms with van der Waals surface area (Å²) in [6, 6.07) is 14.9. The molecule has 0 fully saturated rings. The SMILES string of the molecule is C[C@@H](CC(=O)OCC(=O)Nc1ccc(OC(F)F)cc1)c1ccccc1. The number of nitrogens with one attached hydrogen (secondary N) is 1. The van der Waals surface area contributed by atoms with Crippen LogP contribution in [0.3, 0.4) is 0 Å². The first-order chi connectivity index (χ1) is 12.4. The molecule has 0 saturated heterocycles. The van der Waals surface area contributed by atoms with Crippen molar-refractivity contribution in [3.05, 3.63) is 60.2 Å². The first-order valence-corrected chi connectivity index (χ1v) is 7.99. The lowest BCUT2D eigenvalue weighted by molar-refractivity contribution is -0.147. The van der Waals surface area contributed by atoms with Gasteiger partial charge in [-0.05, 0) is 35.7 Å². The molecule has 138 valence electrons. The highest BCUT2D eigenvalue weighted by atomic mass is 19.3. The molecule has 26 heavy (non-hydrogen) atoms. The number of rotatable bonds is 8. The zero-order valence-corrected chi connectivity index (χ0v) is 14.2. The quantitative estimate of drug-likeness (QED) is 0.721. The molecule has 2 rings (SSSR count). The summed E-state index contributed by atoms with van der Waals surface area (Å²) in [6.07, 6.45) is 0.164. The highest BCUT2D eigenvalue weighted by Crippen LogP contribution is 2.19. The average molecular weight is 363 g/mol.